The first-order chi connectivity index (χ1) is 9.86. The number of anilines is 1. The number of carbonyl (C=O) groups excluding carboxylic acids is 1. The first kappa shape index (κ1) is 14.7. The fraction of sp³-hybridized carbons (Fsp3) is 0.588. The molecule has 2 heterocycles. The minimum Gasteiger partial charge on any atom is -0.381 e. The van der Waals surface area contributed by atoms with Crippen LogP contribution in [0.1, 0.15) is 51.6 Å². The van der Waals surface area contributed by atoms with Crippen LogP contribution in [-0.4, -0.2) is 23.4 Å². The van der Waals surface area contributed by atoms with Crippen LogP contribution in [0.5, 0.6) is 0 Å². The lowest BCUT2D eigenvalue weighted by molar-refractivity contribution is -0.130. The Morgan fingerprint density at radius 3 is 2.71 bits per heavy atom. The molecule has 1 aromatic rings. The van der Waals surface area contributed by atoms with Crippen molar-refractivity contribution in [3.63, 3.8) is 0 Å². The van der Waals surface area contributed by atoms with E-state index in [0.29, 0.717) is 12.5 Å². The van der Waals surface area contributed by atoms with Crippen molar-refractivity contribution in [1.82, 2.24) is 4.90 Å². The van der Waals surface area contributed by atoms with Crippen molar-refractivity contribution >= 4 is 23.2 Å². The maximum absolute atomic E-state index is 12.2. The molecular weight excluding hydrogens is 284 g/mol. The van der Waals surface area contributed by atoms with Gasteiger partial charge in [0, 0.05) is 29.7 Å². The van der Waals surface area contributed by atoms with Gasteiger partial charge in [-0.2, -0.15) is 0 Å². The number of nitrogens with zero attached hydrogens (tertiary/aromatic N) is 1. The normalized spacial score (nSPS) is 25.7. The molecule has 1 N–H and O–H groups in total. The standard InChI is InChI=1S/C17H23ClN2O/c1-17(2,3)15-10-14(20-8-4-5-16(20)21)12-7-6-11(18)9-13(12)19-15/h6-7,9,14-15,19H,4-5,8,10H2,1-3H3/t14-,15-/m0/s1. The lowest BCUT2D eigenvalue weighted by Gasteiger charge is -2.43. The zero-order chi connectivity index (χ0) is 15.2. The summed E-state index contributed by atoms with van der Waals surface area (Å²) in [6.45, 7) is 7.59. The molecular formula is C17H23ClN2O. The highest BCUT2D eigenvalue weighted by atomic mass is 35.5. The Balaban J connectivity index is 2.00. The summed E-state index contributed by atoms with van der Waals surface area (Å²) in [5, 5.41) is 4.36. The summed E-state index contributed by atoms with van der Waals surface area (Å²) >= 11 is 6.15. The molecule has 114 valence electrons. The van der Waals surface area contributed by atoms with Gasteiger partial charge in [0.1, 0.15) is 0 Å². The lowest BCUT2D eigenvalue weighted by atomic mass is 9.78. The van der Waals surface area contributed by atoms with Crippen LogP contribution in [0, 0.1) is 5.41 Å². The predicted molar refractivity (Wildman–Crippen MR) is 86.6 cm³/mol. The summed E-state index contributed by atoms with van der Waals surface area (Å²) in [6, 6.07) is 6.49. The number of rotatable bonds is 1. The average Bonchev–Trinajstić information content (AvgIpc) is 2.82. The molecule has 3 rings (SSSR count). The van der Waals surface area contributed by atoms with Gasteiger partial charge in [0.25, 0.3) is 0 Å². The molecule has 0 saturated carbocycles. The largest absolute Gasteiger partial charge is 0.381 e. The molecule has 0 aliphatic carbocycles. The van der Waals surface area contributed by atoms with E-state index in [1.54, 1.807) is 0 Å². The molecule has 0 unspecified atom stereocenters. The molecule has 21 heavy (non-hydrogen) atoms. The van der Waals surface area contributed by atoms with E-state index < -0.39 is 0 Å². The van der Waals surface area contributed by atoms with Crippen LogP contribution >= 0.6 is 11.6 Å². The van der Waals surface area contributed by atoms with Crippen LogP contribution in [0.4, 0.5) is 5.69 Å². The highest BCUT2D eigenvalue weighted by molar-refractivity contribution is 6.30. The van der Waals surface area contributed by atoms with Crippen molar-refractivity contribution in [3.8, 4) is 0 Å². The smallest absolute Gasteiger partial charge is 0.223 e. The number of nitrogens with one attached hydrogen (secondary N) is 1. The van der Waals surface area contributed by atoms with Crippen LogP contribution < -0.4 is 5.32 Å². The zero-order valence-electron chi connectivity index (χ0n) is 12.9. The first-order valence-electron chi connectivity index (χ1n) is 7.72. The molecule has 1 amide bonds. The summed E-state index contributed by atoms with van der Waals surface area (Å²) in [7, 11) is 0. The summed E-state index contributed by atoms with van der Waals surface area (Å²) < 4.78 is 0. The second kappa shape index (κ2) is 5.20. The number of fused-ring (bicyclic) bond motifs is 1. The highest BCUT2D eigenvalue weighted by Crippen LogP contribution is 2.43. The molecule has 2 atom stereocenters. The van der Waals surface area contributed by atoms with E-state index in [4.69, 9.17) is 11.6 Å². The third kappa shape index (κ3) is 2.76. The van der Waals surface area contributed by atoms with Crippen LogP contribution in [0.2, 0.25) is 5.02 Å². The number of carbonyl (C=O) groups is 1. The van der Waals surface area contributed by atoms with Crippen molar-refractivity contribution in [2.75, 3.05) is 11.9 Å². The molecule has 2 aliphatic heterocycles. The van der Waals surface area contributed by atoms with Crippen LogP contribution in [0.15, 0.2) is 18.2 Å². The zero-order valence-corrected chi connectivity index (χ0v) is 13.7. The fourth-order valence-electron chi connectivity index (χ4n) is 3.40. The second-order valence-electron chi connectivity index (χ2n) is 7.24. The van der Waals surface area contributed by atoms with Gasteiger partial charge in [-0.25, -0.2) is 0 Å². The topological polar surface area (TPSA) is 32.3 Å². The predicted octanol–water partition coefficient (Wildman–Crippen LogP) is 4.23. The molecule has 2 aliphatic rings. The van der Waals surface area contributed by atoms with Crippen LogP contribution in [0.25, 0.3) is 0 Å². The lowest BCUT2D eigenvalue weighted by Crippen LogP contribution is -2.43. The molecule has 4 heteroatoms. The van der Waals surface area contributed by atoms with E-state index in [0.717, 1.165) is 30.1 Å². The van der Waals surface area contributed by atoms with Gasteiger partial charge in [-0.15, -0.1) is 0 Å². The van der Waals surface area contributed by atoms with E-state index in [-0.39, 0.29) is 17.4 Å². The first-order valence-corrected chi connectivity index (χ1v) is 8.09. The fourth-order valence-corrected chi connectivity index (χ4v) is 3.58. The van der Waals surface area contributed by atoms with E-state index >= 15 is 0 Å². The van der Waals surface area contributed by atoms with Crippen molar-refractivity contribution in [2.45, 2.75) is 52.1 Å². The molecule has 0 radical (unpaired) electrons. The number of amides is 1. The summed E-state index contributed by atoms with van der Waals surface area (Å²) in [5.41, 5.74) is 2.43. The maximum atomic E-state index is 12.2. The number of hydrogen-bond donors (Lipinski definition) is 1. The van der Waals surface area contributed by atoms with E-state index in [1.165, 1.54) is 5.56 Å². The Morgan fingerprint density at radius 2 is 2.10 bits per heavy atom. The Hall–Kier alpha value is -1.22. The Labute approximate surface area is 131 Å². The Bertz CT molecular complexity index is 564. The van der Waals surface area contributed by atoms with Gasteiger partial charge >= 0.3 is 0 Å². The number of benzene rings is 1. The summed E-state index contributed by atoms with van der Waals surface area (Å²) in [5.74, 6) is 0.287. The van der Waals surface area contributed by atoms with E-state index in [9.17, 15) is 4.79 Å². The number of hydrogen-bond acceptors (Lipinski definition) is 2. The van der Waals surface area contributed by atoms with Gasteiger partial charge in [0.15, 0.2) is 0 Å². The van der Waals surface area contributed by atoms with E-state index in [1.807, 2.05) is 12.1 Å². The number of likely N-dealkylation sites (tertiary alicyclic amines) is 1. The summed E-state index contributed by atoms with van der Waals surface area (Å²) in [6.07, 6.45) is 2.63. The molecule has 0 spiro atoms. The molecule has 1 fully saturated rings. The van der Waals surface area contributed by atoms with Gasteiger partial charge in [0.2, 0.25) is 5.91 Å². The molecule has 3 nitrogen and oxygen atoms in total. The van der Waals surface area contributed by atoms with Gasteiger partial charge in [-0.1, -0.05) is 38.4 Å². The molecule has 1 saturated heterocycles. The number of halogens is 1. The quantitative estimate of drug-likeness (QED) is 0.842. The van der Waals surface area contributed by atoms with Crippen LogP contribution in [-0.2, 0) is 4.79 Å². The van der Waals surface area contributed by atoms with Crippen molar-refractivity contribution in [3.05, 3.63) is 28.8 Å². The Morgan fingerprint density at radius 1 is 1.33 bits per heavy atom. The SMILES string of the molecule is CC(C)(C)[C@@H]1C[C@H](N2CCCC2=O)c2ccc(Cl)cc2N1. The van der Waals surface area contributed by atoms with Gasteiger partial charge in [-0.3, -0.25) is 4.79 Å². The minimum atomic E-state index is 0.140. The second-order valence-corrected chi connectivity index (χ2v) is 7.67. The third-order valence-corrected chi connectivity index (χ3v) is 4.93. The average molecular weight is 307 g/mol. The third-order valence-electron chi connectivity index (χ3n) is 4.69. The van der Waals surface area contributed by atoms with E-state index in [2.05, 4.69) is 37.1 Å². The van der Waals surface area contributed by atoms with Gasteiger partial charge < -0.3 is 10.2 Å². The minimum absolute atomic E-state index is 0.140. The monoisotopic (exact) mass is 306 g/mol. The van der Waals surface area contributed by atoms with Gasteiger partial charge in [0.05, 0.1) is 6.04 Å². The highest BCUT2D eigenvalue weighted by Gasteiger charge is 2.38. The van der Waals surface area contributed by atoms with Crippen molar-refractivity contribution in [1.29, 1.82) is 0 Å². The summed E-state index contributed by atoms with van der Waals surface area (Å²) in [4.78, 5) is 14.2. The van der Waals surface area contributed by atoms with Crippen LogP contribution in [0.3, 0.4) is 0 Å². The molecule has 1 aromatic carbocycles. The molecule has 0 aromatic heterocycles. The molecule has 0 bridgehead atoms. The maximum Gasteiger partial charge on any atom is 0.223 e. The van der Waals surface area contributed by atoms with Crippen molar-refractivity contribution in [2.24, 2.45) is 5.41 Å². The van der Waals surface area contributed by atoms with Gasteiger partial charge in [-0.05, 0) is 36.0 Å². The van der Waals surface area contributed by atoms with Crippen molar-refractivity contribution < 1.29 is 4.79 Å². The Kier molecular flexibility index (Phi) is 3.64.